The summed E-state index contributed by atoms with van der Waals surface area (Å²) in [5.74, 6) is -0.436. The van der Waals surface area contributed by atoms with Crippen molar-refractivity contribution in [3.05, 3.63) is 35.0 Å². The normalized spacial score (nSPS) is 10.7. The van der Waals surface area contributed by atoms with Crippen molar-refractivity contribution in [3.63, 3.8) is 0 Å². The number of halogens is 2. The van der Waals surface area contributed by atoms with Gasteiger partial charge in [0.1, 0.15) is 16.5 Å². The molecule has 2 aromatic heterocycles. The fourth-order valence-electron chi connectivity index (χ4n) is 1.14. The van der Waals surface area contributed by atoms with Gasteiger partial charge in [-0.15, -0.1) is 0 Å². The highest BCUT2D eigenvalue weighted by Crippen LogP contribution is 2.18. The predicted molar refractivity (Wildman–Crippen MR) is 56.0 cm³/mol. The standard InChI is InChI=1S/C8H5ClFN3S/c9-5-1-4(10)2-13-3-6(7(11)14)12-8(5)13/h1-3H,(H2,11,14). The first-order chi connectivity index (χ1) is 6.58. The van der Waals surface area contributed by atoms with Crippen LogP contribution in [0.1, 0.15) is 5.69 Å². The van der Waals surface area contributed by atoms with Crippen LogP contribution in [0, 0.1) is 5.82 Å². The van der Waals surface area contributed by atoms with E-state index in [1.165, 1.54) is 22.9 Å². The van der Waals surface area contributed by atoms with Crippen LogP contribution in [0.4, 0.5) is 4.39 Å². The van der Waals surface area contributed by atoms with E-state index in [1.54, 1.807) is 0 Å². The van der Waals surface area contributed by atoms with Crippen molar-refractivity contribution in [2.75, 3.05) is 0 Å². The van der Waals surface area contributed by atoms with Gasteiger partial charge in [0, 0.05) is 12.4 Å². The second kappa shape index (κ2) is 3.18. The largest absolute Gasteiger partial charge is 0.388 e. The Morgan fingerprint density at radius 2 is 2.29 bits per heavy atom. The maximum Gasteiger partial charge on any atom is 0.156 e. The fourth-order valence-corrected chi connectivity index (χ4v) is 1.49. The van der Waals surface area contributed by atoms with Gasteiger partial charge in [0.25, 0.3) is 0 Å². The highest BCUT2D eigenvalue weighted by atomic mass is 35.5. The first-order valence-corrected chi connectivity index (χ1v) is 4.50. The summed E-state index contributed by atoms with van der Waals surface area (Å²) < 4.78 is 14.4. The summed E-state index contributed by atoms with van der Waals surface area (Å²) in [5, 5.41) is 0.229. The van der Waals surface area contributed by atoms with Gasteiger partial charge in [0.2, 0.25) is 0 Å². The van der Waals surface area contributed by atoms with Crippen molar-refractivity contribution in [1.29, 1.82) is 0 Å². The van der Waals surface area contributed by atoms with Crippen LogP contribution in [0.5, 0.6) is 0 Å². The van der Waals surface area contributed by atoms with E-state index in [4.69, 9.17) is 29.6 Å². The lowest BCUT2D eigenvalue weighted by molar-refractivity contribution is 0.619. The van der Waals surface area contributed by atoms with Gasteiger partial charge in [-0.2, -0.15) is 0 Å². The molecule has 2 N–H and O–H groups in total. The van der Waals surface area contributed by atoms with Crippen LogP contribution in [-0.4, -0.2) is 14.4 Å². The molecule has 0 bridgehead atoms. The minimum Gasteiger partial charge on any atom is -0.388 e. The van der Waals surface area contributed by atoms with Crippen molar-refractivity contribution in [2.24, 2.45) is 5.73 Å². The Bertz CT molecular complexity index is 523. The molecule has 72 valence electrons. The Balaban J connectivity index is 2.76. The van der Waals surface area contributed by atoms with Crippen LogP contribution in [0.3, 0.4) is 0 Å². The van der Waals surface area contributed by atoms with E-state index in [0.29, 0.717) is 11.3 Å². The Kier molecular flexibility index (Phi) is 2.13. The minimum atomic E-state index is -0.436. The second-order valence-corrected chi connectivity index (χ2v) is 3.57. The molecular formula is C8H5ClFN3S. The van der Waals surface area contributed by atoms with Crippen molar-refractivity contribution in [1.82, 2.24) is 9.38 Å². The Morgan fingerprint density at radius 3 is 2.93 bits per heavy atom. The van der Waals surface area contributed by atoms with Crippen molar-refractivity contribution >= 4 is 34.5 Å². The highest BCUT2D eigenvalue weighted by Gasteiger charge is 2.08. The lowest BCUT2D eigenvalue weighted by Crippen LogP contribution is -2.09. The molecule has 0 saturated carbocycles. The molecule has 0 amide bonds. The zero-order valence-corrected chi connectivity index (χ0v) is 8.44. The first kappa shape index (κ1) is 9.36. The van der Waals surface area contributed by atoms with E-state index in [2.05, 4.69) is 4.98 Å². The van der Waals surface area contributed by atoms with Gasteiger partial charge in [-0.05, 0) is 6.07 Å². The van der Waals surface area contributed by atoms with Crippen LogP contribution < -0.4 is 5.73 Å². The van der Waals surface area contributed by atoms with E-state index in [0.717, 1.165) is 0 Å². The maximum absolute atomic E-state index is 12.9. The first-order valence-electron chi connectivity index (χ1n) is 3.71. The van der Waals surface area contributed by atoms with E-state index in [-0.39, 0.29) is 10.0 Å². The monoisotopic (exact) mass is 229 g/mol. The Morgan fingerprint density at radius 1 is 1.57 bits per heavy atom. The molecule has 2 rings (SSSR count). The van der Waals surface area contributed by atoms with E-state index in [9.17, 15) is 4.39 Å². The number of rotatable bonds is 1. The summed E-state index contributed by atoms with van der Waals surface area (Å²) in [6.45, 7) is 0. The van der Waals surface area contributed by atoms with E-state index < -0.39 is 5.82 Å². The molecule has 14 heavy (non-hydrogen) atoms. The third kappa shape index (κ3) is 1.44. The maximum atomic E-state index is 12.9. The molecule has 3 nitrogen and oxygen atoms in total. The zero-order chi connectivity index (χ0) is 10.3. The number of thiocarbonyl (C=S) groups is 1. The quantitative estimate of drug-likeness (QED) is 0.758. The molecule has 0 atom stereocenters. The van der Waals surface area contributed by atoms with Gasteiger partial charge >= 0.3 is 0 Å². The predicted octanol–water partition coefficient (Wildman–Crippen LogP) is 1.76. The number of hydrogen-bond acceptors (Lipinski definition) is 2. The van der Waals surface area contributed by atoms with Crippen molar-refractivity contribution in [2.45, 2.75) is 0 Å². The highest BCUT2D eigenvalue weighted by molar-refractivity contribution is 7.80. The summed E-state index contributed by atoms with van der Waals surface area (Å²) in [6.07, 6.45) is 2.79. The summed E-state index contributed by atoms with van der Waals surface area (Å²) in [5.41, 5.74) is 6.25. The number of aromatic nitrogens is 2. The molecule has 0 aliphatic heterocycles. The van der Waals surface area contributed by atoms with Gasteiger partial charge in [-0.3, -0.25) is 0 Å². The number of imidazole rings is 1. The van der Waals surface area contributed by atoms with Crippen LogP contribution in [0.2, 0.25) is 5.02 Å². The molecule has 0 spiro atoms. The average molecular weight is 230 g/mol. The molecule has 0 aromatic carbocycles. The molecule has 0 unspecified atom stereocenters. The molecule has 0 radical (unpaired) electrons. The van der Waals surface area contributed by atoms with Crippen molar-refractivity contribution in [3.8, 4) is 0 Å². The molecule has 0 fully saturated rings. The number of nitrogens with zero attached hydrogens (tertiary/aromatic N) is 2. The Hall–Kier alpha value is -1.20. The third-order valence-corrected chi connectivity index (χ3v) is 2.21. The lowest BCUT2D eigenvalue weighted by Gasteiger charge is -1.94. The van der Waals surface area contributed by atoms with Gasteiger partial charge < -0.3 is 10.1 Å². The summed E-state index contributed by atoms with van der Waals surface area (Å²) in [7, 11) is 0. The van der Waals surface area contributed by atoms with Gasteiger partial charge in [0.15, 0.2) is 5.65 Å². The molecule has 2 aromatic rings. The number of pyridine rings is 1. The second-order valence-electron chi connectivity index (χ2n) is 2.73. The van der Waals surface area contributed by atoms with E-state index in [1.807, 2.05) is 0 Å². The summed E-state index contributed by atoms with van der Waals surface area (Å²) >= 11 is 10.5. The van der Waals surface area contributed by atoms with Crippen LogP contribution >= 0.6 is 23.8 Å². The van der Waals surface area contributed by atoms with Crippen LogP contribution in [0.25, 0.3) is 5.65 Å². The third-order valence-electron chi connectivity index (χ3n) is 1.73. The molecule has 0 saturated heterocycles. The number of nitrogens with two attached hydrogens (primary N) is 1. The smallest absolute Gasteiger partial charge is 0.156 e. The minimum absolute atomic E-state index is 0.158. The SMILES string of the molecule is NC(=S)c1cn2cc(F)cc(Cl)c2n1. The topological polar surface area (TPSA) is 43.3 Å². The molecule has 0 aliphatic carbocycles. The average Bonchev–Trinajstić information content (AvgIpc) is 2.47. The van der Waals surface area contributed by atoms with Gasteiger partial charge in [0.05, 0.1) is 5.02 Å². The van der Waals surface area contributed by atoms with Gasteiger partial charge in [-0.1, -0.05) is 23.8 Å². The number of fused-ring (bicyclic) bond motifs is 1. The molecule has 6 heteroatoms. The number of hydrogen-bond donors (Lipinski definition) is 1. The lowest BCUT2D eigenvalue weighted by atomic mass is 10.4. The molecule has 0 aliphatic rings. The Labute approximate surface area is 89.3 Å². The van der Waals surface area contributed by atoms with Crippen LogP contribution in [0.15, 0.2) is 18.5 Å². The zero-order valence-electron chi connectivity index (χ0n) is 6.87. The summed E-state index contributed by atoms with van der Waals surface area (Å²) in [6, 6.07) is 1.19. The summed E-state index contributed by atoms with van der Waals surface area (Å²) in [4.78, 5) is 4.21. The van der Waals surface area contributed by atoms with Crippen LogP contribution in [-0.2, 0) is 0 Å². The van der Waals surface area contributed by atoms with Gasteiger partial charge in [-0.25, -0.2) is 9.37 Å². The fraction of sp³-hybridized carbons (Fsp3) is 0. The van der Waals surface area contributed by atoms with E-state index >= 15 is 0 Å². The van der Waals surface area contributed by atoms with Crippen molar-refractivity contribution < 1.29 is 4.39 Å². The molecule has 2 heterocycles. The molecular weight excluding hydrogens is 225 g/mol.